The predicted octanol–water partition coefficient (Wildman–Crippen LogP) is 2.58. The van der Waals surface area contributed by atoms with Crippen molar-refractivity contribution in [2.45, 2.75) is 12.8 Å². The molecule has 2 aromatic carbocycles. The van der Waals surface area contributed by atoms with E-state index in [1.54, 1.807) is 6.33 Å². The molecule has 0 unspecified atom stereocenters. The van der Waals surface area contributed by atoms with Crippen LogP contribution in [-0.4, -0.2) is 77.3 Å². The molecule has 38 heavy (non-hydrogen) atoms. The van der Waals surface area contributed by atoms with Crippen molar-refractivity contribution in [3.63, 3.8) is 0 Å². The lowest BCUT2D eigenvalue weighted by Crippen LogP contribution is -2.47. The summed E-state index contributed by atoms with van der Waals surface area (Å²) in [7, 11) is 0. The summed E-state index contributed by atoms with van der Waals surface area (Å²) in [6, 6.07) is 19.2. The van der Waals surface area contributed by atoms with E-state index in [1.165, 1.54) is 16.8 Å². The van der Waals surface area contributed by atoms with E-state index in [4.69, 9.17) is 4.98 Å². The molecule has 0 radical (unpaired) electrons. The van der Waals surface area contributed by atoms with E-state index >= 15 is 0 Å². The Kier molecular flexibility index (Phi) is 7.35. The van der Waals surface area contributed by atoms with Crippen LogP contribution in [0.5, 0.6) is 0 Å². The molecule has 9 heteroatoms. The normalized spacial score (nSPS) is 16.1. The molecule has 4 heterocycles. The summed E-state index contributed by atoms with van der Waals surface area (Å²) in [6.07, 6.45) is 7.05. The maximum atomic E-state index is 4.79. The standard InChI is InChI=1S/C29H33N9/c1-2-4-23(5-3-1)18-25-20-31-28(32-21-25)37-14-16-38(17-15-37)29-34-22-33-27(35-29)19-24-6-8-26(9-7-24)36-12-10-30-11-13-36/h1-9,20-22,30H,10-19H2. The van der Waals surface area contributed by atoms with Gasteiger partial charge in [-0.05, 0) is 28.8 Å². The Hall–Kier alpha value is -4.11. The molecule has 2 aliphatic heterocycles. The first-order chi connectivity index (χ1) is 18.8. The SMILES string of the molecule is c1ccc(Cc2cnc(N3CCN(c4ncnc(Cc5ccc(N6CCNCC6)cc5)n4)CC3)nc2)cc1. The Bertz CT molecular complexity index is 1300. The van der Waals surface area contributed by atoms with E-state index in [9.17, 15) is 0 Å². The largest absolute Gasteiger partial charge is 0.369 e. The van der Waals surface area contributed by atoms with Gasteiger partial charge >= 0.3 is 0 Å². The Labute approximate surface area is 223 Å². The van der Waals surface area contributed by atoms with E-state index in [1.807, 2.05) is 18.5 Å². The summed E-state index contributed by atoms with van der Waals surface area (Å²) in [5.41, 5.74) is 4.87. The smallest absolute Gasteiger partial charge is 0.228 e. The lowest BCUT2D eigenvalue weighted by molar-refractivity contribution is 0.589. The summed E-state index contributed by atoms with van der Waals surface area (Å²) < 4.78 is 0. The minimum Gasteiger partial charge on any atom is -0.369 e. The fourth-order valence-corrected chi connectivity index (χ4v) is 5.03. The molecule has 2 fully saturated rings. The number of hydrogen-bond acceptors (Lipinski definition) is 9. The van der Waals surface area contributed by atoms with Gasteiger partial charge < -0.3 is 20.0 Å². The molecule has 2 aliphatic rings. The van der Waals surface area contributed by atoms with Crippen LogP contribution >= 0.6 is 0 Å². The quantitative estimate of drug-likeness (QED) is 0.406. The Morgan fingerprint density at radius 2 is 1.24 bits per heavy atom. The number of hydrogen-bond donors (Lipinski definition) is 1. The maximum absolute atomic E-state index is 4.79. The Morgan fingerprint density at radius 3 is 1.95 bits per heavy atom. The minimum absolute atomic E-state index is 0.695. The van der Waals surface area contributed by atoms with Crippen LogP contribution < -0.4 is 20.0 Å². The lowest BCUT2D eigenvalue weighted by atomic mass is 10.1. The van der Waals surface area contributed by atoms with Gasteiger partial charge in [0.25, 0.3) is 0 Å². The van der Waals surface area contributed by atoms with Gasteiger partial charge in [0.1, 0.15) is 12.2 Å². The number of nitrogens with zero attached hydrogens (tertiary/aromatic N) is 8. The van der Waals surface area contributed by atoms with Gasteiger partial charge in [-0.15, -0.1) is 0 Å². The van der Waals surface area contributed by atoms with Gasteiger partial charge in [-0.1, -0.05) is 42.5 Å². The highest BCUT2D eigenvalue weighted by Crippen LogP contribution is 2.19. The van der Waals surface area contributed by atoms with Gasteiger partial charge in [0.2, 0.25) is 11.9 Å². The molecular weight excluding hydrogens is 474 g/mol. The second kappa shape index (κ2) is 11.5. The van der Waals surface area contributed by atoms with Crippen LogP contribution in [0.15, 0.2) is 73.3 Å². The highest BCUT2D eigenvalue weighted by Gasteiger charge is 2.21. The fraction of sp³-hybridized carbons (Fsp3) is 0.345. The van der Waals surface area contributed by atoms with Gasteiger partial charge in [-0.25, -0.2) is 19.9 Å². The topological polar surface area (TPSA) is 86.2 Å². The van der Waals surface area contributed by atoms with Crippen LogP contribution in [0.25, 0.3) is 0 Å². The Morgan fingerprint density at radius 1 is 0.579 bits per heavy atom. The molecule has 0 bridgehead atoms. The second-order valence-corrected chi connectivity index (χ2v) is 9.81. The minimum atomic E-state index is 0.695. The monoisotopic (exact) mass is 507 g/mol. The maximum Gasteiger partial charge on any atom is 0.228 e. The molecule has 2 saturated heterocycles. The number of benzene rings is 2. The fourth-order valence-electron chi connectivity index (χ4n) is 5.03. The zero-order valence-corrected chi connectivity index (χ0v) is 21.6. The average molecular weight is 508 g/mol. The summed E-state index contributed by atoms with van der Waals surface area (Å²) in [5.74, 6) is 2.32. The molecule has 0 amide bonds. The zero-order chi connectivity index (χ0) is 25.6. The molecule has 0 atom stereocenters. The highest BCUT2D eigenvalue weighted by atomic mass is 15.4. The van der Waals surface area contributed by atoms with Gasteiger partial charge in [-0.2, -0.15) is 4.98 Å². The van der Waals surface area contributed by atoms with Crippen molar-refractivity contribution < 1.29 is 0 Å². The summed E-state index contributed by atoms with van der Waals surface area (Å²) in [6.45, 7) is 7.47. The molecule has 1 N–H and O–H groups in total. The first kappa shape index (κ1) is 24.2. The first-order valence-corrected chi connectivity index (χ1v) is 13.4. The Balaban J connectivity index is 1.03. The summed E-state index contributed by atoms with van der Waals surface area (Å²) in [5, 5.41) is 3.40. The third kappa shape index (κ3) is 5.89. The van der Waals surface area contributed by atoms with Crippen LogP contribution in [-0.2, 0) is 12.8 Å². The van der Waals surface area contributed by atoms with Crippen LogP contribution in [0.4, 0.5) is 17.6 Å². The molecule has 4 aromatic rings. The van der Waals surface area contributed by atoms with E-state index in [2.05, 4.69) is 88.5 Å². The lowest BCUT2D eigenvalue weighted by Gasteiger charge is -2.34. The number of anilines is 3. The van der Waals surface area contributed by atoms with Crippen molar-refractivity contribution in [1.82, 2.24) is 30.2 Å². The predicted molar refractivity (Wildman–Crippen MR) is 150 cm³/mol. The molecule has 0 spiro atoms. The molecule has 0 saturated carbocycles. The van der Waals surface area contributed by atoms with Gasteiger partial charge in [-0.3, -0.25) is 0 Å². The zero-order valence-electron chi connectivity index (χ0n) is 21.6. The first-order valence-electron chi connectivity index (χ1n) is 13.4. The summed E-state index contributed by atoms with van der Waals surface area (Å²) >= 11 is 0. The molecule has 9 nitrogen and oxygen atoms in total. The number of nitrogens with one attached hydrogen (secondary N) is 1. The van der Waals surface area contributed by atoms with E-state index in [-0.39, 0.29) is 0 Å². The van der Waals surface area contributed by atoms with E-state index < -0.39 is 0 Å². The van der Waals surface area contributed by atoms with Crippen molar-refractivity contribution in [1.29, 1.82) is 0 Å². The van der Waals surface area contributed by atoms with Crippen molar-refractivity contribution in [2.24, 2.45) is 0 Å². The van der Waals surface area contributed by atoms with Gasteiger partial charge in [0.05, 0.1) is 0 Å². The molecule has 6 rings (SSSR count). The van der Waals surface area contributed by atoms with Crippen molar-refractivity contribution >= 4 is 17.6 Å². The number of piperazine rings is 2. The number of rotatable bonds is 7. The number of aromatic nitrogens is 5. The van der Waals surface area contributed by atoms with Crippen molar-refractivity contribution in [2.75, 3.05) is 67.1 Å². The molecular formula is C29H33N9. The van der Waals surface area contributed by atoms with Crippen LogP contribution in [0.1, 0.15) is 22.5 Å². The van der Waals surface area contributed by atoms with Gasteiger partial charge in [0.15, 0.2) is 0 Å². The van der Waals surface area contributed by atoms with E-state index in [0.717, 1.165) is 82.1 Å². The molecule has 0 aliphatic carbocycles. The summed E-state index contributed by atoms with van der Waals surface area (Å²) in [4.78, 5) is 29.9. The third-order valence-electron chi connectivity index (χ3n) is 7.18. The molecule has 194 valence electrons. The van der Waals surface area contributed by atoms with Crippen LogP contribution in [0, 0.1) is 0 Å². The van der Waals surface area contributed by atoms with Crippen molar-refractivity contribution in [3.05, 3.63) is 95.8 Å². The van der Waals surface area contributed by atoms with E-state index in [0.29, 0.717) is 6.42 Å². The van der Waals surface area contributed by atoms with Gasteiger partial charge in [0, 0.05) is 83.3 Å². The van der Waals surface area contributed by atoms with Crippen molar-refractivity contribution in [3.8, 4) is 0 Å². The average Bonchev–Trinajstić information content (AvgIpc) is 2.99. The van der Waals surface area contributed by atoms with Crippen LogP contribution in [0.3, 0.4) is 0 Å². The second-order valence-electron chi connectivity index (χ2n) is 9.81. The third-order valence-corrected chi connectivity index (χ3v) is 7.18. The molecule has 2 aromatic heterocycles. The highest BCUT2D eigenvalue weighted by molar-refractivity contribution is 5.48. The van der Waals surface area contributed by atoms with Crippen LogP contribution in [0.2, 0.25) is 0 Å².